The smallest absolute Gasteiger partial charge is 0.177 e. The Morgan fingerprint density at radius 1 is 0.969 bits per heavy atom. The van der Waals surface area contributed by atoms with Crippen molar-refractivity contribution in [1.29, 1.82) is 0 Å². The third-order valence-corrected chi connectivity index (χ3v) is 6.45. The maximum Gasteiger partial charge on any atom is 0.177 e. The summed E-state index contributed by atoms with van der Waals surface area (Å²) in [5, 5.41) is 10.8. The van der Waals surface area contributed by atoms with Crippen LogP contribution in [0.15, 0.2) is 70.4 Å². The van der Waals surface area contributed by atoms with E-state index in [1.165, 1.54) is 37.9 Å². The number of ether oxygens (including phenoxy) is 1. The topological polar surface area (TPSA) is 52.5 Å². The molecule has 2 aromatic carbocycles. The number of benzene rings is 2. The molecule has 1 atom stereocenters. The van der Waals surface area contributed by atoms with Crippen LogP contribution in [0.5, 0.6) is 5.75 Å². The first-order valence-corrected chi connectivity index (χ1v) is 11.7. The van der Waals surface area contributed by atoms with E-state index in [0.29, 0.717) is 0 Å². The van der Waals surface area contributed by atoms with Crippen molar-refractivity contribution in [3.05, 3.63) is 71.3 Å². The number of rotatable bonds is 7. The van der Waals surface area contributed by atoms with Crippen LogP contribution >= 0.6 is 0 Å². The molecule has 166 valence electrons. The zero-order chi connectivity index (χ0) is 21.8. The molecule has 0 bridgehead atoms. The van der Waals surface area contributed by atoms with Gasteiger partial charge in [-0.25, -0.2) is 0 Å². The molecule has 1 N–H and O–H groups in total. The van der Waals surface area contributed by atoms with E-state index in [1.807, 2.05) is 24.4 Å². The van der Waals surface area contributed by atoms with Crippen molar-refractivity contribution in [3.8, 4) is 5.75 Å². The molecule has 1 unspecified atom stereocenters. The van der Waals surface area contributed by atoms with E-state index in [9.17, 15) is 0 Å². The Bertz CT molecular complexity index is 1010. The summed E-state index contributed by atoms with van der Waals surface area (Å²) in [6, 6.07) is 18.6. The fourth-order valence-corrected chi connectivity index (χ4v) is 4.64. The average molecular weight is 430 g/mol. The molecule has 6 heteroatoms. The Labute approximate surface area is 190 Å². The number of amidine groups is 1. The van der Waals surface area contributed by atoms with E-state index in [4.69, 9.17) is 4.74 Å². The van der Waals surface area contributed by atoms with Crippen LogP contribution in [-0.4, -0.2) is 54.2 Å². The summed E-state index contributed by atoms with van der Waals surface area (Å²) in [5.41, 5.74) is 8.07. The summed E-state index contributed by atoms with van der Waals surface area (Å²) in [6.45, 7) is 6.54. The fraction of sp³-hybridized carbons (Fsp3) is 0.385. The van der Waals surface area contributed by atoms with Gasteiger partial charge in [-0.3, -0.25) is 10.4 Å². The number of hydrazine groups is 1. The molecule has 0 aromatic heterocycles. The van der Waals surface area contributed by atoms with Crippen LogP contribution in [-0.2, 0) is 0 Å². The molecule has 1 saturated heterocycles. The largest absolute Gasteiger partial charge is 0.494 e. The lowest BCUT2D eigenvalue weighted by Gasteiger charge is -2.28. The monoisotopic (exact) mass is 429 g/mol. The van der Waals surface area contributed by atoms with Gasteiger partial charge < -0.3 is 9.64 Å². The molecule has 3 aliphatic heterocycles. The molecule has 0 spiro atoms. The maximum absolute atomic E-state index is 6.00. The molecule has 32 heavy (non-hydrogen) atoms. The minimum atomic E-state index is 0.0587. The summed E-state index contributed by atoms with van der Waals surface area (Å²) in [6.07, 6.45) is 7.03. The molecule has 2 aromatic rings. The Hall–Kier alpha value is -3.12. The number of likely N-dealkylation sites (tertiary alicyclic amines) is 1. The van der Waals surface area contributed by atoms with Crippen molar-refractivity contribution in [2.45, 2.75) is 38.6 Å². The number of piperidine rings is 1. The Morgan fingerprint density at radius 3 is 2.53 bits per heavy atom. The van der Waals surface area contributed by atoms with E-state index >= 15 is 0 Å². The average Bonchev–Trinajstić information content (AvgIpc) is 3.20. The summed E-state index contributed by atoms with van der Waals surface area (Å²) in [5.74, 6) is 1.76. The molecule has 0 amide bonds. The van der Waals surface area contributed by atoms with Gasteiger partial charge in [0.05, 0.1) is 18.5 Å². The van der Waals surface area contributed by atoms with E-state index in [2.05, 4.69) is 68.9 Å². The molecule has 0 saturated carbocycles. The van der Waals surface area contributed by atoms with Crippen LogP contribution in [0.4, 0.5) is 0 Å². The van der Waals surface area contributed by atoms with E-state index in [1.54, 1.807) is 0 Å². The lowest BCUT2D eigenvalue weighted by atomic mass is 10.0. The van der Waals surface area contributed by atoms with Gasteiger partial charge in [-0.05, 0) is 74.7 Å². The van der Waals surface area contributed by atoms with Crippen LogP contribution in [0.2, 0.25) is 0 Å². The lowest BCUT2D eigenvalue weighted by Crippen LogP contribution is -2.46. The van der Waals surface area contributed by atoms with Crippen LogP contribution in [0.25, 0.3) is 5.70 Å². The number of nitrogens with zero attached hydrogens (tertiary/aromatic N) is 4. The Kier molecular flexibility index (Phi) is 6.21. The molecule has 6 nitrogen and oxygen atoms in total. The third-order valence-electron chi connectivity index (χ3n) is 6.45. The first-order valence-electron chi connectivity index (χ1n) is 11.7. The van der Waals surface area contributed by atoms with Gasteiger partial charge in [0.15, 0.2) is 5.84 Å². The van der Waals surface area contributed by atoms with Gasteiger partial charge in [0.2, 0.25) is 0 Å². The maximum atomic E-state index is 6.00. The van der Waals surface area contributed by atoms with E-state index in [-0.39, 0.29) is 6.04 Å². The van der Waals surface area contributed by atoms with Crippen molar-refractivity contribution in [3.63, 3.8) is 0 Å². The highest BCUT2D eigenvalue weighted by molar-refractivity contribution is 6.03. The van der Waals surface area contributed by atoms with Crippen LogP contribution in [0, 0.1) is 0 Å². The quantitative estimate of drug-likeness (QED) is 0.667. The van der Waals surface area contributed by atoms with Gasteiger partial charge in [0, 0.05) is 12.1 Å². The van der Waals surface area contributed by atoms with Crippen LogP contribution < -0.4 is 10.2 Å². The summed E-state index contributed by atoms with van der Waals surface area (Å²) in [7, 11) is 0. The second kappa shape index (κ2) is 9.57. The first kappa shape index (κ1) is 20.8. The summed E-state index contributed by atoms with van der Waals surface area (Å²) in [4.78, 5) is 2.56. The van der Waals surface area contributed by atoms with Gasteiger partial charge in [-0.2, -0.15) is 5.10 Å². The number of fused-ring (bicyclic) bond motifs is 1. The molecule has 0 aliphatic carbocycles. The lowest BCUT2D eigenvalue weighted by molar-refractivity contribution is 0.205. The normalized spacial score (nSPS) is 20.7. The van der Waals surface area contributed by atoms with Crippen molar-refractivity contribution < 1.29 is 4.74 Å². The second-order valence-corrected chi connectivity index (χ2v) is 8.67. The molecular weight excluding hydrogens is 398 g/mol. The zero-order valence-electron chi connectivity index (χ0n) is 18.7. The van der Waals surface area contributed by atoms with Gasteiger partial charge in [0.25, 0.3) is 0 Å². The minimum Gasteiger partial charge on any atom is -0.494 e. The van der Waals surface area contributed by atoms with Crippen LogP contribution in [0.3, 0.4) is 0 Å². The highest BCUT2D eigenvalue weighted by Crippen LogP contribution is 2.30. The standard InChI is InChI=1S/C26H31N5O/c1-20-24-19-27-28-26(22-9-4-2-5-10-22)31(24)29-25(20)21-11-13-23(14-12-21)32-18-8-17-30-15-6-3-7-16-30/h2,4-5,9-14,19,24,29H,3,6-8,15-18H2,1H3. The van der Waals surface area contributed by atoms with Gasteiger partial charge >= 0.3 is 0 Å². The van der Waals surface area contributed by atoms with Crippen molar-refractivity contribution in [1.82, 2.24) is 15.3 Å². The first-order chi connectivity index (χ1) is 15.8. The number of hydrogen-bond donors (Lipinski definition) is 1. The van der Waals surface area contributed by atoms with E-state index in [0.717, 1.165) is 48.0 Å². The zero-order valence-corrected chi connectivity index (χ0v) is 18.7. The molecule has 3 aliphatic rings. The number of hydrogen-bond acceptors (Lipinski definition) is 6. The van der Waals surface area contributed by atoms with Crippen molar-refractivity contribution in [2.24, 2.45) is 10.2 Å². The predicted molar refractivity (Wildman–Crippen MR) is 130 cm³/mol. The molecule has 3 heterocycles. The molecular formula is C26H31N5O. The Balaban J connectivity index is 1.20. The minimum absolute atomic E-state index is 0.0587. The second-order valence-electron chi connectivity index (χ2n) is 8.67. The van der Waals surface area contributed by atoms with Gasteiger partial charge in [0.1, 0.15) is 11.8 Å². The third kappa shape index (κ3) is 4.41. The SMILES string of the molecule is CC1=C(c2ccc(OCCCN3CCCCC3)cc2)NN2C(c3ccccc3)=NN=CC12. The highest BCUT2D eigenvalue weighted by atomic mass is 16.5. The highest BCUT2D eigenvalue weighted by Gasteiger charge is 2.34. The molecule has 5 rings (SSSR count). The van der Waals surface area contributed by atoms with Crippen LogP contribution in [0.1, 0.15) is 43.7 Å². The number of nitrogens with one attached hydrogen (secondary N) is 1. The molecule has 0 radical (unpaired) electrons. The molecule has 1 fully saturated rings. The fourth-order valence-electron chi connectivity index (χ4n) is 4.64. The van der Waals surface area contributed by atoms with Gasteiger partial charge in [-0.1, -0.05) is 36.8 Å². The van der Waals surface area contributed by atoms with Gasteiger partial charge in [-0.15, -0.1) is 5.10 Å². The van der Waals surface area contributed by atoms with Crippen molar-refractivity contribution in [2.75, 3.05) is 26.2 Å². The summed E-state index contributed by atoms with van der Waals surface area (Å²) < 4.78 is 6.00. The predicted octanol–water partition coefficient (Wildman–Crippen LogP) is 4.31. The Morgan fingerprint density at radius 2 is 1.75 bits per heavy atom. The van der Waals surface area contributed by atoms with Crippen molar-refractivity contribution >= 4 is 17.7 Å². The van der Waals surface area contributed by atoms with E-state index < -0.39 is 0 Å². The summed E-state index contributed by atoms with van der Waals surface area (Å²) >= 11 is 0.